The summed E-state index contributed by atoms with van der Waals surface area (Å²) in [4.78, 5) is 17.7. The van der Waals surface area contributed by atoms with Gasteiger partial charge in [-0.15, -0.1) is 0 Å². The van der Waals surface area contributed by atoms with Crippen molar-refractivity contribution in [1.82, 2.24) is 14.7 Å². The Morgan fingerprint density at radius 2 is 2.04 bits per heavy atom. The lowest BCUT2D eigenvalue weighted by molar-refractivity contribution is -0.221. The van der Waals surface area contributed by atoms with Crippen molar-refractivity contribution >= 4 is 11.7 Å². The number of fused-ring (bicyclic) bond motifs is 3. The molecule has 0 aromatic carbocycles. The van der Waals surface area contributed by atoms with Gasteiger partial charge in [-0.05, 0) is 64.7 Å². The van der Waals surface area contributed by atoms with Crippen LogP contribution in [0.4, 0.5) is 5.82 Å². The summed E-state index contributed by atoms with van der Waals surface area (Å²) >= 11 is 0. The molecule has 1 unspecified atom stereocenters. The summed E-state index contributed by atoms with van der Waals surface area (Å²) < 4.78 is 8.56. The Balaban J connectivity index is 1.39. The molecule has 6 nitrogen and oxygen atoms in total. The quantitative estimate of drug-likeness (QED) is 0.800. The first-order valence-electron chi connectivity index (χ1n) is 10.5. The number of aromatic nitrogens is 2. The van der Waals surface area contributed by atoms with Gasteiger partial charge < -0.3 is 4.74 Å². The van der Waals surface area contributed by atoms with E-state index in [1.165, 1.54) is 25.7 Å². The van der Waals surface area contributed by atoms with Crippen molar-refractivity contribution in [2.24, 2.45) is 18.9 Å². The van der Waals surface area contributed by atoms with E-state index in [1.807, 2.05) is 29.6 Å². The van der Waals surface area contributed by atoms with Crippen LogP contribution >= 0.6 is 0 Å². The molecule has 4 fully saturated rings. The van der Waals surface area contributed by atoms with Gasteiger partial charge in [0.1, 0.15) is 5.82 Å². The summed E-state index contributed by atoms with van der Waals surface area (Å²) in [5.74, 6) is 2.66. The Kier molecular flexibility index (Phi) is 3.80. The van der Waals surface area contributed by atoms with Gasteiger partial charge in [-0.25, -0.2) is 0 Å². The van der Waals surface area contributed by atoms with E-state index in [0.717, 1.165) is 43.5 Å². The second-order valence-corrected chi connectivity index (χ2v) is 9.97. The van der Waals surface area contributed by atoms with Gasteiger partial charge in [0.05, 0.1) is 22.9 Å². The van der Waals surface area contributed by atoms with Crippen LogP contribution in [0.5, 0.6) is 0 Å². The van der Waals surface area contributed by atoms with Gasteiger partial charge in [0.15, 0.2) is 0 Å². The second kappa shape index (κ2) is 5.80. The van der Waals surface area contributed by atoms with Crippen LogP contribution in [-0.4, -0.2) is 57.5 Å². The summed E-state index contributed by atoms with van der Waals surface area (Å²) in [6, 6.07) is 1.99. The minimum Gasteiger partial charge on any atom is -0.366 e. The van der Waals surface area contributed by atoms with E-state index < -0.39 is 0 Å². The summed E-state index contributed by atoms with van der Waals surface area (Å²) in [5.41, 5.74) is 0.735. The van der Waals surface area contributed by atoms with Gasteiger partial charge in [-0.2, -0.15) is 5.10 Å². The van der Waals surface area contributed by atoms with E-state index in [4.69, 9.17) is 4.74 Å². The molecule has 1 aromatic rings. The maximum atomic E-state index is 13.3. The maximum Gasteiger partial charge on any atom is 0.245 e. The highest BCUT2D eigenvalue weighted by molar-refractivity contribution is 5.98. The number of anilines is 1. The van der Waals surface area contributed by atoms with Gasteiger partial charge in [-0.1, -0.05) is 0 Å². The fourth-order valence-corrected chi connectivity index (χ4v) is 6.52. The normalized spacial score (nSPS) is 38.4. The lowest BCUT2D eigenvalue weighted by atomic mass is 9.80. The smallest absolute Gasteiger partial charge is 0.245 e. The molecule has 2 saturated carbocycles. The molecule has 4 atom stereocenters. The van der Waals surface area contributed by atoms with Gasteiger partial charge in [0.25, 0.3) is 0 Å². The van der Waals surface area contributed by atoms with Crippen molar-refractivity contribution in [2.45, 2.75) is 70.1 Å². The minimum absolute atomic E-state index is 0.0263. The number of hydrogen-bond acceptors (Lipinski definition) is 4. The number of morpholine rings is 1. The van der Waals surface area contributed by atoms with Crippen LogP contribution in [0.2, 0.25) is 0 Å². The van der Waals surface area contributed by atoms with Gasteiger partial charge >= 0.3 is 0 Å². The molecule has 148 valence electrons. The van der Waals surface area contributed by atoms with E-state index in [-0.39, 0.29) is 23.2 Å². The number of carbonyl (C=O) groups excluding carboxylic acids is 1. The van der Waals surface area contributed by atoms with Gasteiger partial charge in [0.2, 0.25) is 5.91 Å². The molecule has 6 heteroatoms. The Labute approximate surface area is 161 Å². The standard InChI is InChI=1S/C21H32N4O2/c1-14-9-18(23(4)22-14)25-8-7-17(19(25)26)24-12-20(2,3)27-21(13-24)11-15-5-6-16(21)10-15/h9,15-17H,5-8,10-13H2,1-4H3/t15-,16+,17?,21+/m1/s1. The van der Waals surface area contributed by atoms with Crippen LogP contribution in [0.3, 0.4) is 0 Å². The van der Waals surface area contributed by atoms with E-state index >= 15 is 0 Å². The molecule has 0 radical (unpaired) electrons. The number of ether oxygens (including phenoxy) is 1. The number of nitrogens with zero attached hydrogens (tertiary/aromatic N) is 4. The van der Waals surface area contributed by atoms with Crippen LogP contribution in [-0.2, 0) is 16.6 Å². The van der Waals surface area contributed by atoms with Crippen LogP contribution in [0.1, 0.15) is 51.6 Å². The van der Waals surface area contributed by atoms with Crippen LogP contribution in [0.25, 0.3) is 0 Å². The molecule has 1 aromatic heterocycles. The van der Waals surface area contributed by atoms with Crippen molar-refractivity contribution in [3.05, 3.63) is 11.8 Å². The van der Waals surface area contributed by atoms with Crippen molar-refractivity contribution in [1.29, 1.82) is 0 Å². The SMILES string of the molecule is Cc1cc(N2CCC(N3CC(C)(C)O[C@@]4(C[C@@H]5CC[C@H]4C5)C3)C2=O)n(C)n1. The second-order valence-electron chi connectivity index (χ2n) is 9.97. The third kappa shape index (κ3) is 2.75. The number of rotatable bonds is 2. The maximum absolute atomic E-state index is 13.3. The fourth-order valence-electron chi connectivity index (χ4n) is 6.52. The summed E-state index contributed by atoms with van der Waals surface area (Å²) in [6.45, 7) is 8.92. The van der Waals surface area contributed by atoms with Crippen molar-refractivity contribution < 1.29 is 9.53 Å². The van der Waals surface area contributed by atoms with E-state index in [9.17, 15) is 4.79 Å². The average Bonchev–Trinajstić information content (AvgIpc) is 3.30. The van der Waals surface area contributed by atoms with E-state index in [0.29, 0.717) is 5.92 Å². The number of carbonyl (C=O) groups is 1. The van der Waals surface area contributed by atoms with Crippen molar-refractivity contribution in [2.75, 3.05) is 24.5 Å². The monoisotopic (exact) mass is 372 g/mol. The zero-order valence-electron chi connectivity index (χ0n) is 17.1. The molecule has 5 rings (SSSR count). The lowest BCUT2D eigenvalue weighted by Gasteiger charge is -2.53. The fraction of sp³-hybridized carbons (Fsp3) is 0.810. The van der Waals surface area contributed by atoms with Crippen molar-refractivity contribution in [3.63, 3.8) is 0 Å². The summed E-state index contributed by atoms with van der Waals surface area (Å²) in [5, 5.41) is 4.42. The number of aryl methyl sites for hydroxylation is 2. The third-order valence-electron chi connectivity index (χ3n) is 7.33. The third-order valence-corrected chi connectivity index (χ3v) is 7.33. The lowest BCUT2D eigenvalue weighted by Crippen LogP contribution is -2.64. The molecular weight excluding hydrogens is 340 g/mol. The molecule has 2 aliphatic carbocycles. The predicted molar refractivity (Wildman–Crippen MR) is 104 cm³/mol. The Morgan fingerprint density at radius 3 is 2.67 bits per heavy atom. The highest BCUT2D eigenvalue weighted by atomic mass is 16.5. The van der Waals surface area contributed by atoms with Crippen LogP contribution < -0.4 is 4.90 Å². The molecule has 0 N–H and O–H groups in total. The number of hydrogen-bond donors (Lipinski definition) is 0. The molecule has 1 amide bonds. The van der Waals surface area contributed by atoms with E-state index in [2.05, 4.69) is 23.8 Å². The topological polar surface area (TPSA) is 50.6 Å². The molecule has 2 aliphatic heterocycles. The van der Waals surface area contributed by atoms with Gasteiger partial charge in [-0.3, -0.25) is 19.3 Å². The first-order valence-corrected chi connectivity index (χ1v) is 10.5. The molecular formula is C21H32N4O2. The number of amides is 1. The highest BCUT2D eigenvalue weighted by Crippen LogP contribution is 2.55. The highest BCUT2D eigenvalue weighted by Gasteiger charge is 2.58. The van der Waals surface area contributed by atoms with Gasteiger partial charge in [0, 0.05) is 32.7 Å². The summed E-state index contributed by atoms with van der Waals surface area (Å²) in [7, 11) is 1.92. The molecule has 2 saturated heterocycles. The summed E-state index contributed by atoms with van der Waals surface area (Å²) in [6.07, 6.45) is 6.06. The zero-order chi connectivity index (χ0) is 19.0. The zero-order valence-corrected chi connectivity index (χ0v) is 17.1. The van der Waals surface area contributed by atoms with Crippen LogP contribution in [0.15, 0.2) is 6.07 Å². The van der Waals surface area contributed by atoms with Crippen LogP contribution in [0, 0.1) is 18.8 Å². The average molecular weight is 373 g/mol. The predicted octanol–water partition coefficient (Wildman–Crippen LogP) is 2.50. The molecule has 27 heavy (non-hydrogen) atoms. The first kappa shape index (κ1) is 17.7. The molecule has 1 spiro atoms. The minimum atomic E-state index is -0.195. The Bertz CT molecular complexity index is 772. The first-order chi connectivity index (χ1) is 12.8. The Morgan fingerprint density at radius 1 is 1.22 bits per heavy atom. The molecule has 4 aliphatic rings. The molecule has 3 heterocycles. The van der Waals surface area contributed by atoms with E-state index in [1.54, 1.807) is 0 Å². The largest absolute Gasteiger partial charge is 0.366 e. The Hall–Kier alpha value is -1.40. The molecule has 2 bridgehead atoms. The van der Waals surface area contributed by atoms with Crippen molar-refractivity contribution in [3.8, 4) is 0 Å².